The highest BCUT2D eigenvalue weighted by Crippen LogP contribution is 2.21. The summed E-state index contributed by atoms with van der Waals surface area (Å²) in [6.07, 6.45) is 5.06. The molecule has 3 rings (SSSR count). The van der Waals surface area contributed by atoms with Crippen molar-refractivity contribution in [3.05, 3.63) is 76.5 Å². The van der Waals surface area contributed by atoms with Gasteiger partial charge in [0.1, 0.15) is 5.75 Å². The second-order valence-electron chi connectivity index (χ2n) is 5.00. The van der Waals surface area contributed by atoms with Crippen LogP contribution in [-0.2, 0) is 9.53 Å². The lowest BCUT2D eigenvalue weighted by atomic mass is 10.2. The second kappa shape index (κ2) is 7.15. The number of benzene rings is 2. The maximum absolute atomic E-state index is 11.9. The van der Waals surface area contributed by atoms with Crippen molar-refractivity contribution < 1.29 is 14.3 Å². The van der Waals surface area contributed by atoms with Crippen molar-refractivity contribution >= 4 is 35.6 Å². The molecule has 5 heteroatoms. The maximum Gasteiger partial charge on any atom is 0.363 e. The molecule has 0 bridgehead atoms. The number of methoxy groups -OCH3 is 1. The van der Waals surface area contributed by atoms with Crippen LogP contribution in [0.15, 0.2) is 65.3 Å². The minimum Gasteiger partial charge on any atom is -0.496 e. The molecule has 2 aromatic carbocycles. The Labute approximate surface area is 144 Å². The van der Waals surface area contributed by atoms with E-state index in [9.17, 15) is 4.79 Å². The number of nitrogens with zero attached hydrogens (tertiary/aromatic N) is 1. The molecule has 0 unspecified atom stereocenters. The van der Waals surface area contributed by atoms with E-state index in [2.05, 4.69) is 4.99 Å². The minimum atomic E-state index is -0.491. The van der Waals surface area contributed by atoms with E-state index in [-0.39, 0.29) is 11.6 Å². The summed E-state index contributed by atoms with van der Waals surface area (Å²) in [7, 11) is 1.60. The Kier molecular flexibility index (Phi) is 4.77. The summed E-state index contributed by atoms with van der Waals surface area (Å²) in [4.78, 5) is 16.1. The molecule has 0 saturated carbocycles. The molecule has 0 spiro atoms. The van der Waals surface area contributed by atoms with Crippen molar-refractivity contribution in [2.45, 2.75) is 0 Å². The molecule has 0 N–H and O–H groups in total. The fraction of sp³-hybridized carbons (Fsp3) is 0.0526. The van der Waals surface area contributed by atoms with Crippen molar-refractivity contribution in [1.29, 1.82) is 0 Å². The van der Waals surface area contributed by atoms with E-state index in [0.29, 0.717) is 5.02 Å². The number of cyclic esters (lactones) is 1. The summed E-state index contributed by atoms with van der Waals surface area (Å²) < 4.78 is 10.4. The quantitative estimate of drug-likeness (QED) is 0.614. The van der Waals surface area contributed by atoms with Gasteiger partial charge in [0, 0.05) is 16.7 Å². The average Bonchev–Trinajstić information content (AvgIpc) is 2.93. The van der Waals surface area contributed by atoms with E-state index in [1.165, 1.54) is 0 Å². The standard InChI is InChI=1S/C19H14ClNO3/c1-23-17-8-3-2-6-14(17)9-10-18-21-16(19(22)24-18)12-13-5-4-7-15(20)11-13/h2-12H,1H3/b10-9+,16-12-. The third kappa shape index (κ3) is 3.73. The molecule has 0 fully saturated rings. The highest BCUT2D eigenvalue weighted by atomic mass is 35.5. The van der Waals surface area contributed by atoms with Crippen LogP contribution in [0.1, 0.15) is 11.1 Å². The first-order valence-corrected chi connectivity index (χ1v) is 7.63. The molecule has 4 nitrogen and oxygen atoms in total. The van der Waals surface area contributed by atoms with Gasteiger partial charge in [0.2, 0.25) is 5.90 Å². The zero-order valence-corrected chi connectivity index (χ0v) is 13.7. The van der Waals surface area contributed by atoms with Crippen LogP contribution in [0.2, 0.25) is 5.02 Å². The number of carbonyl (C=O) groups excluding carboxylic acids is 1. The molecule has 0 aromatic heterocycles. The number of rotatable bonds is 4. The summed E-state index contributed by atoms with van der Waals surface area (Å²) in [5.41, 5.74) is 1.89. The van der Waals surface area contributed by atoms with Gasteiger partial charge in [-0.15, -0.1) is 0 Å². The van der Waals surface area contributed by atoms with Crippen LogP contribution >= 0.6 is 11.6 Å². The monoisotopic (exact) mass is 339 g/mol. The van der Waals surface area contributed by atoms with E-state index in [4.69, 9.17) is 21.1 Å². The molecular formula is C19H14ClNO3. The molecule has 0 radical (unpaired) electrons. The second-order valence-corrected chi connectivity index (χ2v) is 5.44. The van der Waals surface area contributed by atoms with Crippen LogP contribution in [0.5, 0.6) is 5.75 Å². The topological polar surface area (TPSA) is 47.9 Å². The largest absolute Gasteiger partial charge is 0.496 e. The Morgan fingerprint density at radius 2 is 1.96 bits per heavy atom. The number of esters is 1. The van der Waals surface area contributed by atoms with Gasteiger partial charge in [-0.1, -0.05) is 41.9 Å². The number of ether oxygens (including phenoxy) is 2. The number of hydrogen-bond donors (Lipinski definition) is 0. The number of aliphatic imine (C=N–C) groups is 1. The van der Waals surface area contributed by atoms with Gasteiger partial charge in [-0.05, 0) is 35.9 Å². The molecule has 1 heterocycles. The molecule has 1 aliphatic heterocycles. The first kappa shape index (κ1) is 16.0. The van der Waals surface area contributed by atoms with Crippen LogP contribution in [-0.4, -0.2) is 19.0 Å². The molecule has 0 aliphatic carbocycles. The third-order valence-corrected chi connectivity index (χ3v) is 3.57. The molecule has 2 aromatic rings. The number of carbonyl (C=O) groups is 1. The predicted octanol–water partition coefficient (Wildman–Crippen LogP) is 4.36. The van der Waals surface area contributed by atoms with Crippen molar-refractivity contribution in [3.8, 4) is 5.75 Å². The Morgan fingerprint density at radius 3 is 2.75 bits per heavy atom. The lowest BCUT2D eigenvalue weighted by Crippen LogP contribution is -2.01. The van der Waals surface area contributed by atoms with E-state index in [0.717, 1.165) is 16.9 Å². The van der Waals surface area contributed by atoms with Crippen molar-refractivity contribution in [1.82, 2.24) is 0 Å². The molecule has 0 saturated heterocycles. The van der Waals surface area contributed by atoms with Gasteiger partial charge < -0.3 is 9.47 Å². The zero-order valence-electron chi connectivity index (χ0n) is 12.9. The highest BCUT2D eigenvalue weighted by Gasteiger charge is 2.21. The molecule has 0 amide bonds. The van der Waals surface area contributed by atoms with Crippen LogP contribution in [0.4, 0.5) is 0 Å². The minimum absolute atomic E-state index is 0.233. The first-order valence-electron chi connectivity index (χ1n) is 7.25. The van der Waals surface area contributed by atoms with Crippen LogP contribution in [0.25, 0.3) is 12.2 Å². The van der Waals surface area contributed by atoms with Gasteiger partial charge in [-0.2, -0.15) is 0 Å². The first-order chi connectivity index (χ1) is 11.7. The predicted molar refractivity (Wildman–Crippen MR) is 95.0 cm³/mol. The van der Waals surface area contributed by atoms with E-state index < -0.39 is 5.97 Å². The van der Waals surface area contributed by atoms with Crippen molar-refractivity contribution in [2.75, 3.05) is 7.11 Å². The van der Waals surface area contributed by atoms with Crippen molar-refractivity contribution in [3.63, 3.8) is 0 Å². The van der Waals surface area contributed by atoms with Crippen molar-refractivity contribution in [2.24, 2.45) is 4.99 Å². The lowest BCUT2D eigenvalue weighted by Gasteiger charge is -2.02. The maximum atomic E-state index is 11.9. The summed E-state index contributed by atoms with van der Waals surface area (Å²) in [6, 6.07) is 14.7. The number of hydrogen-bond acceptors (Lipinski definition) is 4. The van der Waals surface area contributed by atoms with E-state index in [1.54, 1.807) is 43.5 Å². The fourth-order valence-corrected chi connectivity index (χ4v) is 2.42. The van der Waals surface area contributed by atoms with Gasteiger partial charge in [-0.3, -0.25) is 0 Å². The lowest BCUT2D eigenvalue weighted by molar-refractivity contribution is -0.129. The van der Waals surface area contributed by atoms with Gasteiger partial charge in [-0.25, -0.2) is 9.79 Å². The van der Waals surface area contributed by atoms with E-state index >= 15 is 0 Å². The molecule has 24 heavy (non-hydrogen) atoms. The van der Waals surface area contributed by atoms with Crippen LogP contribution in [0, 0.1) is 0 Å². The fourth-order valence-electron chi connectivity index (χ4n) is 2.22. The van der Waals surface area contributed by atoms with Gasteiger partial charge in [0.05, 0.1) is 7.11 Å². The molecule has 120 valence electrons. The summed E-state index contributed by atoms with van der Waals surface area (Å²) in [5, 5.41) is 0.594. The van der Waals surface area contributed by atoms with Crippen LogP contribution in [0.3, 0.4) is 0 Å². The molecular weight excluding hydrogens is 326 g/mol. The Hall–Kier alpha value is -2.85. The zero-order chi connectivity index (χ0) is 16.9. The Balaban J connectivity index is 1.83. The van der Waals surface area contributed by atoms with Gasteiger partial charge in [0.15, 0.2) is 5.70 Å². The number of para-hydroxylation sites is 1. The average molecular weight is 340 g/mol. The Morgan fingerprint density at radius 1 is 1.12 bits per heavy atom. The Bertz CT molecular complexity index is 868. The highest BCUT2D eigenvalue weighted by molar-refractivity contribution is 6.30. The van der Waals surface area contributed by atoms with E-state index in [1.807, 2.05) is 30.3 Å². The molecule has 0 atom stereocenters. The summed E-state index contributed by atoms with van der Waals surface area (Å²) in [5.74, 6) is 0.474. The third-order valence-electron chi connectivity index (χ3n) is 3.33. The van der Waals surface area contributed by atoms with Gasteiger partial charge >= 0.3 is 5.97 Å². The number of halogens is 1. The smallest absolute Gasteiger partial charge is 0.363 e. The summed E-state index contributed by atoms with van der Waals surface area (Å²) >= 11 is 5.94. The summed E-state index contributed by atoms with van der Waals surface area (Å²) in [6.45, 7) is 0. The van der Waals surface area contributed by atoms with Gasteiger partial charge in [0.25, 0.3) is 0 Å². The normalized spacial score (nSPS) is 15.7. The SMILES string of the molecule is COc1ccccc1/C=C/C1=NC(=C\c2cccc(Cl)c2)/C(=O)O1. The molecule has 1 aliphatic rings. The van der Waals surface area contributed by atoms with Crippen LogP contribution < -0.4 is 4.74 Å².